The van der Waals surface area contributed by atoms with Crippen molar-refractivity contribution < 1.29 is 67.9 Å². The maximum Gasteiger partial charge on any atom is 0.336 e. The Morgan fingerprint density at radius 1 is 0.426 bits per heavy atom. The fourth-order valence-electron chi connectivity index (χ4n) is 5.55. The lowest BCUT2D eigenvalue weighted by Gasteiger charge is -2.17. The Bertz CT molecular complexity index is 2060. The Hall–Kier alpha value is -7.22. The van der Waals surface area contributed by atoms with Gasteiger partial charge in [0.1, 0.15) is 11.5 Å². The van der Waals surface area contributed by atoms with Gasteiger partial charge in [-0.25, -0.2) is 9.59 Å². The zero-order valence-electron chi connectivity index (χ0n) is 30.0. The second-order valence-corrected chi connectivity index (χ2v) is 11.2. The van der Waals surface area contributed by atoms with Crippen molar-refractivity contribution in [3.05, 3.63) is 119 Å². The van der Waals surface area contributed by atoms with Crippen LogP contribution in [0.3, 0.4) is 0 Å². The number of benzene rings is 4. The number of carbonyl (C=O) groups is 2. The number of phenolic OH excluding ortho intramolecular Hbond substituents is 4. The van der Waals surface area contributed by atoms with Crippen LogP contribution in [0.15, 0.2) is 96.5 Å². The Kier molecular flexibility index (Phi) is 11.6. The molecule has 280 valence electrons. The summed E-state index contributed by atoms with van der Waals surface area (Å²) in [5.41, 5.74) is 3.45. The molecule has 0 amide bonds. The maximum absolute atomic E-state index is 11.7. The van der Waals surface area contributed by atoms with Gasteiger partial charge in [0.2, 0.25) is 11.5 Å². The molecular weight excluding hydrogens is 704 g/mol. The summed E-state index contributed by atoms with van der Waals surface area (Å²) in [4.78, 5) is 23.2. The van der Waals surface area contributed by atoms with E-state index in [0.717, 1.165) is 0 Å². The third-order valence-electron chi connectivity index (χ3n) is 8.13. The number of esters is 2. The fourth-order valence-corrected chi connectivity index (χ4v) is 5.55. The molecule has 4 aromatic rings. The van der Waals surface area contributed by atoms with Gasteiger partial charge in [-0.15, -0.1) is 0 Å². The molecule has 0 spiro atoms. The van der Waals surface area contributed by atoms with E-state index < -0.39 is 11.9 Å². The molecule has 0 bridgehead atoms. The highest BCUT2D eigenvalue weighted by atomic mass is 16.5. The number of cyclic esters (lactones) is 2. The molecule has 4 N–H and O–H groups in total. The van der Waals surface area contributed by atoms with Crippen LogP contribution in [0.5, 0.6) is 57.5 Å². The van der Waals surface area contributed by atoms with Crippen molar-refractivity contribution in [2.75, 3.05) is 42.7 Å². The van der Waals surface area contributed by atoms with E-state index in [4.69, 9.17) is 37.9 Å². The Labute approximate surface area is 309 Å². The molecule has 2 aliphatic heterocycles. The van der Waals surface area contributed by atoms with Gasteiger partial charge in [0.15, 0.2) is 46.0 Å². The van der Waals surface area contributed by atoms with Gasteiger partial charge in [0.05, 0.1) is 42.7 Å². The van der Waals surface area contributed by atoms with E-state index in [9.17, 15) is 30.0 Å². The normalized spacial score (nSPS) is 12.7. The average molecular weight is 741 g/mol. The summed E-state index contributed by atoms with van der Waals surface area (Å²) in [5.74, 6) is 0.548. The lowest BCUT2D eigenvalue weighted by Crippen LogP contribution is -2.00. The monoisotopic (exact) mass is 740 g/mol. The van der Waals surface area contributed by atoms with Crippen molar-refractivity contribution in [2.24, 2.45) is 0 Å². The largest absolute Gasteiger partial charge is 0.504 e. The third kappa shape index (κ3) is 7.82. The number of aromatic hydroxyl groups is 4. The Morgan fingerprint density at radius 2 is 0.722 bits per heavy atom. The van der Waals surface area contributed by atoms with Crippen LogP contribution in [0, 0.1) is 0 Å². The maximum atomic E-state index is 11.7. The lowest BCUT2D eigenvalue weighted by molar-refractivity contribution is -0.133. The molecule has 14 heteroatoms. The first-order valence-electron chi connectivity index (χ1n) is 15.9. The quantitative estimate of drug-likeness (QED) is 0.139. The van der Waals surface area contributed by atoms with E-state index in [1.54, 1.807) is 54.6 Å². The zero-order chi connectivity index (χ0) is 39.1. The summed E-state index contributed by atoms with van der Waals surface area (Å²) in [6.45, 7) is 0. The molecule has 2 heterocycles. The van der Waals surface area contributed by atoms with Gasteiger partial charge in [0, 0.05) is 23.3 Å². The molecule has 14 nitrogen and oxygen atoms in total. The molecule has 0 fully saturated rings. The summed E-state index contributed by atoms with van der Waals surface area (Å²) >= 11 is 0. The minimum atomic E-state index is -0.520. The molecule has 6 rings (SSSR count). The molecule has 0 aromatic heterocycles. The molecule has 2 aliphatic rings. The van der Waals surface area contributed by atoms with Crippen LogP contribution in [0.4, 0.5) is 0 Å². The van der Waals surface area contributed by atoms with Crippen molar-refractivity contribution in [1.29, 1.82) is 0 Å². The van der Waals surface area contributed by atoms with Crippen molar-refractivity contribution in [1.82, 2.24) is 0 Å². The van der Waals surface area contributed by atoms with Crippen LogP contribution < -0.4 is 28.4 Å². The van der Waals surface area contributed by atoms with Gasteiger partial charge in [-0.2, -0.15) is 0 Å². The second-order valence-electron chi connectivity index (χ2n) is 11.2. The number of ether oxygens (including phenoxy) is 8. The molecule has 4 aromatic carbocycles. The van der Waals surface area contributed by atoms with E-state index in [-0.39, 0.29) is 63.3 Å². The summed E-state index contributed by atoms with van der Waals surface area (Å²) in [5, 5.41) is 40.1. The first-order chi connectivity index (χ1) is 26.0. The predicted molar refractivity (Wildman–Crippen MR) is 194 cm³/mol. The van der Waals surface area contributed by atoms with Crippen LogP contribution in [0.25, 0.3) is 11.1 Å². The van der Waals surface area contributed by atoms with Crippen LogP contribution >= 0.6 is 0 Å². The van der Waals surface area contributed by atoms with E-state index in [0.29, 0.717) is 39.2 Å². The SMILES string of the molecule is COc1cc(C(=C2C=CC(=O)O2)c2cc(OC)c(O)c(OC)c2)cc(OC)c1O.COc1cc(C(=C2C=CC(=O)O2)c2ccc(O)c(OC)c2)ccc1O. The van der Waals surface area contributed by atoms with Gasteiger partial charge in [-0.05, 0) is 82.9 Å². The lowest BCUT2D eigenvalue weighted by atomic mass is 9.95. The van der Waals surface area contributed by atoms with Gasteiger partial charge in [-0.1, -0.05) is 12.1 Å². The van der Waals surface area contributed by atoms with Crippen LogP contribution in [0.2, 0.25) is 0 Å². The van der Waals surface area contributed by atoms with Gasteiger partial charge >= 0.3 is 11.9 Å². The topological polar surface area (TPSA) is 189 Å². The van der Waals surface area contributed by atoms with Crippen molar-refractivity contribution in [3.8, 4) is 57.5 Å². The van der Waals surface area contributed by atoms with Crippen molar-refractivity contribution in [3.63, 3.8) is 0 Å². The Balaban J connectivity index is 0.000000210. The highest BCUT2D eigenvalue weighted by Gasteiger charge is 2.25. The fraction of sp³-hybridized carbons (Fsp3) is 0.150. The number of phenols is 4. The smallest absolute Gasteiger partial charge is 0.336 e. The first kappa shape index (κ1) is 38.0. The zero-order valence-corrected chi connectivity index (χ0v) is 30.0. The predicted octanol–water partition coefficient (Wildman–Crippen LogP) is 5.99. The molecule has 0 saturated heterocycles. The number of hydrogen-bond acceptors (Lipinski definition) is 14. The van der Waals surface area contributed by atoms with Crippen LogP contribution in [-0.4, -0.2) is 75.0 Å². The standard InChI is InChI=1S/C21H20O8.C19H16O6/c1-25-14-7-11(8-15(26-2)20(14)23)19(13-5-6-18(22)29-13)12-9-16(27-3)21(24)17(10-12)28-4;1-23-16-9-11(3-5-13(16)20)19(15-7-8-18(22)25-15)12-4-6-14(21)17(10-12)24-2/h5-10,23-24H,1-4H3;3-10,20-21H,1-2H3. The highest BCUT2D eigenvalue weighted by Crippen LogP contribution is 2.45. The molecular formula is C40H36O14. The number of methoxy groups -OCH3 is 6. The van der Waals surface area contributed by atoms with E-state index in [2.05, 4.69) is 0 Å². The summed E-state index contributed by atoms with van der Waals surface area (Å²) in [6.07, 6.45) is 5.70. The van der Waals surface area contributed by atoms with Crippen LogP contribution in [0.1, 0.15) is 22.3 Å². The number of allylic oxidation sites excluding steroid dienone is 2. The molecule has 54 heavy (non-hydrogen) atoms. The Morgan fingerprint density at radius 3 is 1.00 bits per heavy atom. The van der Waals surface area contributed by atoms with Gasteiger partial charge in [0.25, 0.3) is 0 Å². The first-order valence-corrected chi connectivity index (χ1v) is 15.9. The van der Waals surface area contributed by atoms with Crippen molar-refractivity contribution >= 4 is 23.1 Å². The van der Waals surface area contributed by atoms with E-state index in [1.807, 2.05) is 0 Å². The minimum Gasteiger partial charge on any atom is -0.504 e. The highest BCUT2D eigenvalue weighted by molar-refractivity contribution is 5.94. The average Bonchev–Trinajstić information content (AvgIpc) is 3.81. The second kappa shape index (κ2) is 16.4. The molecule has 0 radical (unpaired) electrons. The summed E-state index contributed by atoms with van der Waals surface area (Å²) in [7, 11) is 8.54. The molecule has 0 unspecified atom stereocenters. The minimum absolute atomic E-state index is 0.00199. The summed E-state index contributed by atoms with van der Waals surface area (Å²) < 4.78 is 41.9. The van der Waals surface area contributed by atoms with Crippen LogP contribution in [-0.2, 0) is 19.1 Å². The van der Waals surface area contributed by atoms with E-state index >= 15 is 0 Å². The number of rotatable bonds is 10. The summed E-state index contributed by atoms with van der Waals surface area (Å²) in [6, 6.07) is 15.9. The van der Waals surface area contributed by atoms with Gasteiger partial charge in [-0.3, -0.25) is 0 Å². The molecule has 0 saturated carbocycles. The number of carbonyl (C=O) groups excluding carboxylic acids is 2. The van der Waals surface area contributed by atoms with Gasteiger partial charge < -0.3 is 58.3 Å². The number of hydrogen-bond donors (Lipinski definition) is 4. The molecule has 0 aliphatic carbocycles. The van der Waals surface area contributed by atoms with Crippen molar-refractivity contribution in [2.45, 2.75) is 0 Å². The molecule has 0 atom stereocenters. The third-order valence-corrected chi connectivity index (χ3v) is 8.13. The van der Waals surface area contributed by atoms with E-state index in [1.165, 1.54) is 73.0 Å².